The lowest BCUT2D eigenvalue weighted by Crippen LogP contribution is -2.44. The van der Waals surface area contributed by atoms with Crippen LogP contribution in [0.2, 0.25) is 0 Å². The Morgan fingerprint density at radius 3 is 2.46 bits per heavy atom. The largest absolute Gasteiger partial charge is 0.475 e. The average molecular weight is 325 g/mol. The summed E-state index contributed by atoms with van der Waals surface area (Å²) in [5.74, 6) is -0.254. The molecule has 24 heavy (non-hydrogen) atoms. The normalized spacial score (nSPS) is 16.7. The van der Waals surface area contributed by atoms with Crippen molar-refractivity contribution in [1.82, 2.24) is 5.32 Å². The summed E-state index contributed by atoms with van der Waals surface area (Å²) in [5, 5.41) is 2.93. The second kappa shape index (κ2) is 6.11. The molecule has 1 aliphatic rings. The number of amides is 1. The number of carbonyl (C=O) groups excluding carboxylic acids is 1. The first kappa shape index (κ1) is 16.2. The van der Waals surface area contributed by atoms with E-state index in [1.807, 2.05) is 45.0 Å². The number of benzene rings is 2. The van der Waals surface area contributed by atoms with Gasteiger partial charge in [0.2, 0.25) is 6.10 Å². The van der Waals surface area contributed by atoms with Gasteiger partial charge in [-0.3, -0.25) is 4.79 Å². The van der Waals surface area contributed by atoms with Crippen molar-refractivity contribution in [3.05, 3.63) is 71.0 Å². The molecule has 0 spiro atoms. The molecule has 1 unspecified atom stereocenters. The van der Waals surface area contributed by atoms with E-state index < -0.39 is 6.10 Å². The number of hydrogen-bond donors (Lipinski definition) is 1. The van der Waals surface area contributed by atoms with Gasteiger partial charge in [0.15, 0.2) is 0 Å². The monoisotopic (exact) mass is 325 g/mol. The van der Waals surface area contributed by atoms with Gasteiger partial charge in [-0.15, -0.1) is 0 Å². The molecule has 3 rings (SSSR count). The lowest BCUT2D eigenvalue weighted by molar-refractivity contribution is -0.131. The molecule has 0 saturated carbocycles. The lowest BCUT2D eigenvalue weighted by atomic mass is 9.96. The zero-order valence-electron chi connectivity index (χ0n) is 14.0. The number of ether oxygens (including phenoxy) is 1. The van der Waals surface area contributed by atoms with Gasteiger partial charge in [-0.05, 0) is 44.5 Å². The Hall–Kier alpha value is -2.62. The van der Waals surface area contributed by atoms with E-state index in [0.29, 0.717) is 11.3 Å². The van der Waals surface area contributed by atoms with E-state index in [2.05, 4.69) is 5.32 Å². The van der Waals surface area contributed by atoms with E-state index in [4.69, 9.17) is 4.74 Å². The summed E-state index contributed by atoms with van der Waals surface area (Å²) in [6.45, 7) is 5.73. The van der Waals surface area contributed by atoms with Crippen molar-refractivity contribution in [2.45, 2.75) is 32.4 Å². The Kier molecular flexibility index (Phi) is 4.14. The van der Waals surface area contributed by atoms with Crippen LogP contribution in [0.4, 0.5) is 4.39 Å². The van der Waals surface area contributed by atoms with E-state index in [9.17, 15) is 9.18 Å². The zero-order valence-corrected chi connectivity index (χ0v) is 14.0. The second-order valence-electron chi connectivity index (χ2n) is 6.85. The van der Waals surface area contributed by atoms with Crippen LogP contribution in [0.15, 0.2) is 48.5 Å². The van der Waals surface area contributed by atoms with Crippen molar-refractivity contribution < 1.29 is 13.9 Å². The molecule has 124 valence electrons. The molecule has 4 heteroatoms. The molecule has 2 aromatic carbocycles. The lowest BCUT2D eigenvalue weighted by Gasteiger charge is -2.29. The van der Waals surface area contributed by atoms with Crippen molar-refractivity contribution in [2.75, 3.05) is 0 Å². The molecule has 0 bridgehead atoms. The molecular weight excluding hydrogens is 305 g/mol. The van der Waals surface area contributed by atoms with E-state index >= 15 is 0 Å². The van der Waals surface area contributed by atoms with Crippen LogP contribution in [0.1, 0.15) is 43.6 Å². The molecule has 1 N–H and O–H groups in total. The molecule has 0 aromatic heterocycles. The standard InChI is InChI=1S/C20H20FNO2/c1-20(2,3)22-19(23)18-14-9-5-4-8-13(14)12-17(24-18)15-10-6-7-11-16(15)21/h4-12,18H,1-3H3,(H,22,23). The van der Waals surface area contributed by atoms with Gasteiger partial charge < -0.3 is 10.1 Å². The fourth-order valence-corrected chi connectivity index (χ4v) is 2.68. The fourth-order valence-electron chi connectivity index (χ4n) is 2.68. The zero-order chi connectivity index (χ0) is 17.3. The second-order valence-corrected chi connectivity index (χ2v) is 6.85. The smallest absolute Gasteiger partial charge is 0.266 e. The van der Waals surface area contributed by atoms with Crippen LogP contribution in [0.5, 0.6) is 0 Å². The predicted molar refractivity (Wildman–Crippen MR) is 92.4 cm³/mol. The first-order valence-corrected chi connectivity index (χ1v) is 7.89. The number of nitrogens with one attached hydrogen (secondary N) is 1. The summed E-state index contributed by atoms with van der Waals surface area (Å²) in [6.07, 6.45) is 0.967. The molecule has 2 aromatic rings. The van der Waals surface area contributed by atoms with Crippen LogP contribution in [0.3, 0.4) is 0 Å². The third kappa shape index (κ3) is 3.32. The quantitative estimate of drug-likeness (QED) is 0.893. The minimum absolute atomic E-state index is 0.239. The number of halogens is 1. The highest BCUT2D eigenvalue weighted by Crippen LogP contribution is 2.36. The Morgan fingerprint density at radius 2 is 1.75 bits per heavy atom. The van der Waals surface area contributed by atoms with Gasteiger partial charge in [0.05, 0.1) is 5.56 Å². The van der Waals surface area contributed by atoms with E-state index in [0.717, 1.165) is 11.1 Å². The van der Waals surface area contributed by atoms with Crippen LogP contribution in [-0.4, -0.2) is 11.4 Å². The van der Waals surface area contributed by atoms with Gasteiger partial charge in [-0.1, -0.05) is 36.4 Å². The molecule has 1 amide bonds. The van der Waals surface area contributed by atoms with Crippen LogP contribution < -0.4 is 5.32 Å². The van der Waals surface area contributed by atoms with E-state index in [-0.39, 0.29) is 17.3 Å². The Morgan fingerprint density at radius 1 is 1.08 bits per heavy atom. The SMILES string of the molecule is CC(C)(C)NC(=O)C1OC(c2ccccc2F)=Cc2ccccc21. The maximum Gasteiger partial charge on any atom is 0.266 e. The Labute approximate surface area is 141 Å². The number of hydrogen-bond acceptors (Lipinski definition) is 2. The van der Waals surface area contributed by atoms with Gasteiger partial charge in [0, 0.05) is 11.1 Å². The van der Waals surface area contributed by atoms with Gasteiger partial charge in [-0.25, -0.2) is 4.39 Å². The summed E-state index contributed by atoms with van der Waals surface area (Å²) in [7, 11) is 0. The van der Waals surface area contributed by atoms with Crippen molar-refractivity contribution in [1.29, 1.82) is 0 Å². The van der Waals surface area contributed by atoms with Crippen LogP contribution in [-0.2, 0) is 9.53 Å². The van der Waals surface area contributed by atoms with Crippen LogP contribution in [0, 0.1) is 5.82 Å². The van der Waals surface area contributed by atoms with Crippen molar-refractivity contribution in [3.63, 3.8) is 0 Å². The highest BCUT2D eigenvalue weighted by molar-refractivity contribution is 5.90. The van der Waals surface area contributed by atoms with Crippen LogP contribution >= 0.6 is 0 Å². The highest BCUT2D eigenvalue weighted by Gasteiger charge is 2.31. The number of fused-ring (bicyclic) bond motifs is 1. The first-order valence-electron chi connectivity index (χ1n) is 7.89. The van der Waals surface area contributed by atoms with E-state index in [1.54, 1.807) is 24.3 Å². The molecular formula is C20H20FNO2. The molecule has 1 aliphatic heterocycles. The van der Waals surface area contributed by atoms with Gasteiger partial charge in [-0.2, -0.15) is 0 Å². The number of carbonyl (C=O) groups is 1. The molecule has 1 atom stereocenters. The Bertz CT molecular complexity index is 805. The topological polar surface area (TPSA) is 38.3 Å². The van der Waals surface area contributed by atoms with E-state index in [1.165, 1.54) is 6.07 Å². The minimum Gasteiger partial charge on any atom is -0.475 e. The van der Waals surface area contributed by atoms with Crippen molar-refractivity contribution >= 4 is 17.7 Å². The van der Waals surface area contributed by atoms with Gasteiger partial charge in [0.1, 0.15) is 11.6 Å². The average Bonchev–Trinajstić information content (AvgIpc) is 2.52. The summed E-state index contributed by atoms with van der Waals surface area (Å²) < 4.78 is 20.0. The number of rotatable bonds is 2. The third-order valence-corrected chi connectivity index (χ3v) is 3.69. The van der Waals surface area contributed by atoms with Gasteiger partial charge >= 0.3 is 0 Å². The molecule has 0 fully saturated rings. The predicted octanol–water partition coefficient (Wildman–Crippen LogP) is 4.31. The van der Waals surface area contributed by atoms with Crippen LogP contribution in [0.25, 0.3) is 11.8 Å². The highest BCUT2D eigenvalue weighted by atomic mass is 19.1. The molecule has 0 aliphatic carbocycles. The third-order valence-electron chi connectivity index (χ3n) is 3.69. The summed E-state index contributed by atoms with van der Waals surface area (Å²) >= 11 is 0. The molecule has 3 nitrogen and oxygen atoms in total. The van der Waals surface area contributed by atoms with Gasteiger partial charge in [0.25, 0.3) is 5.91 Å². The minimum atomic E-state index is -0.806. The summed E-state index contributed by atoms with van der Waals surface area (Å²) in [4.78, 5) is 12.7. The molecule has 0 radical (unpaired) electrons. The maximum absolute atomic E-state index is 14.1. The summed E-state index contributed by atoms with van der Waals surface area (Å²) in [5.41, 5.74) is 1.60. The first-order chi connectivity index (χ1) is 11.3. The maximum atomic E-state index is 14.1. The fraction of sp³-hybridized carbons (Fsp3) is 0.250. The van der Waals surface area contributed by atoms with Crippen molar-refractivity contribution in [2.24, 2.45) is 0 Å². The van der Waals surface area contributed by atoms with Crippen molar-refractivity contribution in [3.8, 4) is 0 Å². The summed E-state index contributed by atoms with van der Waals surface area (Å²) in [6, 6.07) is 13.9. The molecule has 1 heterocycles. The molecule has 0 saturated heterocycles. The Balaban J connectivity index is 2.03.